The molecule has 0 aliphatic heterocycles. The molecular formula is C4H9Fe. The van der Waals surface area contributed by atoms with Crippen molar-refractivity contribution in [3.8, 4) is 0 Å². The molecule has 5 heavy (non-hydrogen) atoms. The Morgan fingerprint density at radius 2 is 1.80 bits per heavy atom. The van der Waals surface area contributed by atoms with Crippen molar-refractivity contribution >= 4 is 0 Å². The number of rotatable bonds is 1. The molecule has 0 aliphatic rings. The van der Waals surface area contributed by atoms with E-state index >= 15 is 0 Å². The van der Waals surface area contributed by atoms with Crippen molar-refractivity contribution in [1.82, 2.24) is 0 Å². The Kier molecular flexibility index (Phi) is 3.03. The fraction of sp³-hybridized carbons (Fsp3) is 1.00. The summed E-state index contributed by atoms with van der Waals surface area (Å²) in [6.45, 7) is 4.32. The van der Waals surface area contributed by atoms with Crippen LogP contribution < -0.4 is 0 Å². The SMILES string of the molecule is CC(C)[CH2][Fe]. The standard InChI is InChI=1S/C4H9.Fe/c1-4(2)3;/h4H,1H2,2-3H3;. The van der Waals surface area contributed by atoms with Crippen molar-refractivity contribution in [2.45, 2.75) is 19.2 Å². The van der Waals surface area contributed by atoms with Gasteiger partial charge in [0, 0.05) is 0 Å². The maximum atomic E-state index is 3.69. The molecule has 0 rings (SSSR count). The molecule has 0 amide bonds. The van der Waals surface area contributed by atoms with Gasteiger partial charge in [0.15, 0.2) is 0 Å². The first kappa shape index (κ1) is 5.52. The van der Waals surface area contributed by atoms with Crippen molar-refractivity contribution in [3.63, 3.8) is 0 Å². The summed E-state index contributed by atoms with van der Waals surface area (Å²) in [5, 5.41) is 1.06. The average molecular weight is 113 g/mol. The van der Waals surface area contributed by atoms with Crippen LogP contribution in [0.5, 0.6) is 0 Å². The first-order valence-electron chi connectivity index (χ1n) is 1.81. The predicted octanol–water partition coefficient (Wildman–Crippen LogP) is 1.61. The van der Waals surface area contributed by atoms with Gasteiger partial charge in [-0.1, -0.05) is 0 Å². The average Bonchev–Trinajstić information content (AvgIpc) is 1.38. The van der Waals surface area contributed by atoms with E-state index in [-0.39, 0.29) is 0 Å². The van der Waals surface area contributed by atoms with E-state index in [9.17, 15) is 0 Å². The Hall–Kier alpha value is 0.519. The van der Waals surface area contributed by atoms with Crippen molar-refractivity contribution in [2.75, 3.05) is 0 Å². The first-order chi connectivity index (χ1) is 2.27. The van der Waals surface area contributed by atoms with Gasteiger partial charge in [0.25, 0.3) is 0 Å². The van der Waals surface area contributed by atoms with Crippen LogP contribution in [0.1, 0.15) is 13.8 Å². The van der Waals surface area contributed by atoms with E-state index in [1.54, 1.807) is 0 Å². The number of hydrogen-bond acceptors (Lipinski definition) is 0. The van der Waals surface area contributed by atoms with Crippen LogP contribution in [0.4, 0.5) is 0 Å². The fourth-order valence-corrected chi connectivity index (χ4v) is 0. The molecule has 0 atom stereocenters. The molecule has 0 aromatic carbocycles. The van der Waals surface area contributed by atoms with E-state index in [2.05, 4.69) is 29.9 Å². The van der Waals surface area contributed by atoms with Gasteiger partial charge < -0.3 is 0 Å². The molecule has 0 aromatic rings. The third kappa shape index (κ3) is 4.52. The molecule has 0 heterocycles. The molecule has 0 fully saturated rings. The molecule has 0 bridgehead atoms. The summed E-state index contributed by atoms with van der Waals surface area (Å²) in [5.41, 5.74) is 0. The van der Waals surface area contributed by atoms with Crippen molar-refractivity contribution in [2.24, 2.45) is 5.92 Å². The van der Waals surface area contributed by atoms with E-state index in [0.717, 1.165) is 11.2 Å². The third-order valence-corrected chi connectivity index (χ3v) is 1.19. The van der Waals surface area contributed by atoms with Crippen LogP contribution in [0.25, 0.3) is 0 Å². The molecular weight excluding hydrogens is 104 g/mol. The van der Waals surface area contributed by atoms with Gasteiger partial charge in [0.05, 0.1) is 0 Å². The molecule has 33 valence electrons. The van der Waals surface area contributed by atoms with Crippen LogP contribution in [-0.4, -0.2) is 0 Å². The normalized spacial score (nSPS) is 9.60. The summed E-state index contributed by atoms with van der Waals surface area (Å²) < 4.78 is 0. The molecule has 0 unspecified atom stereocenters. The second kappa shape index (κ2) is 2.74. The van der Waals surface area contributed by atoms with Crippen LogP contribution in [-0.2, 0) is 16.0 Å². The van der Waals surface area contributed by atoms with Crippen molar-refractivity contribution < 1.29 is 16.0 Å². The summed E-state index contributed by atoms with van der Waals surface area (Å²) >= 11 is 3.69. The van der Waals surface area contributed by atoms with Gasteiger partial charge in [0.1, 0.15) is 0 Å². The summed E-state index contributed by atoms with van der Waals surface area (Å²) in [4.78, 5) is 0. The quantitative estimate of drug-likeness (QED) is 0.453. The Morgan fingerprint density at radius 1 is 1.60 bits per heavy atom. The molecule has 0 radical (unpaired) electrons. The summed E-state index contributed by atoms with van der Waals surface area (Å²) in [5.74, 6) is 0.773. The van der Waals surface area contributed by atoms with Crippen molar-refractivity contribution in [3.05, 3.63) is 0 Å². The van der Waals surface area contributed by atoms with Crippen LogP contribution in [0.2, 0.25) is 5.32 Å². The van der Waals surface area contributed by atoms with Gasteiger partial charge in [-0.3, -0.25) is 0 Å². The van der Waals surface area contributed by atoms with Crippen LogP contribution in [0.3, 0.4) is 0 Å². The zero-order chi connectivity index (χ0) is 4.28. The van der Waals surface area contributed by atoms with Crippen LogP contribution >= 0.6 is 0 Å². The van der Waals surface area contributed by atoms with Crippen LogP contribution in [0.15, 0.2) is 0 Å². The Morgan fingerprint density at radius 3 is 1.80 bits per heavy atom. The van der Waals surface area contributed by atoms with Gasteiger partial charge in [-0.05, 0) is 0 Å². The molecule has 0 nitrogen and oxygen atoms in total. The Labute approximate surface area is 41.8 Å². The second-order valence-corrected chi connectivity index (χ2v) is 1.99. The van der Waals surface area contributed by atoms with E-state index in [1.807, 2.05) is 0 Å². The Bertz CT molecular complexity index is 17.6. The van der Waals surface area contributed by atoms with E-state index < -0.39 is 0 Å². The first-order valence-corrected chi connectivity index (χ1v) is 2.59. The topological polar surface area (TPSA) is 0 Å². The third-order valence-electron chi connectivity index (χ3n) is 0.289. The minimum absolute atomic E-state index is 0.773. The molecule has 0 aliphatic carbocycles. The molecule has 0 saturated carbocycles. The van der Waals surface area contributed by atoms with E-state index in [1.165, 1.54) is 0 Å². The van der Waals surface area contributed by atoms with Gasteiger partial charge in [-0.25, -0.2) is 0 Å². The molecule has 0 saturated heterocycles. The molecule has 0 aromatic heterocycles. The summed E-state index contributed by atoms with van der Waals surface area (Å²) in [6, 6.07) is 0. The van der Waals surface area contributed by atoms with Crippen molar-refractivity contribution in [1.29, 1.82) is 0 Å². The van der Waals surface area contributed by atoms with E-state index in [0.29, 0.717) is 0 Å². The summed E-state index contributed by atoms with van der Waals surface area (Å²) in [7, 11) is 0. The molecule has 0 spiro atoms. The van der Waals surface area contributed by atoms with Gasteiger partial charge in [-0.15, -0.1) is 0 Å². The van der Waals surface area contributed by atoms with Gasteiger partial charge >= 0.3 is 41.1 Å². The summed E-state index contributed by atoms with van der Waals surface area (Å²) in [6.07, 6.45) is 0. The number of hydrogen-bond donors (Lipinski definition) is 0. The molecule has 0 N–H and O–H groups in total. The van der Waals surface area contributed by atoms with Gasteiger partial charge in [0.2, 0.25) is 0 Å². The zero-order valence-electron chi connectivity index (χ0n) is 3.64. The van der Waals surface area contributed by atoms with E-state index in [4.69, 9.17) is 0 Å². The minimum atomic E-state index is 0.773. The zero-order valence-corrected chi connectivity index (χ0v) is 4.74. The predicted molar refractivity (Wildman–Crippen MR) is 19.6 cm³/mol. The second-order valence-electron chi connectivity index (χ2n) is 1.54. The Balaban J connectivity index is 2.54. The monoisotopic (exact) mass is 113 g/mol. The maximum absolute atomic E-state index is 3.69. The molecule has 1 heteroatoms. The van der Waals surface area contributed by atoms with Crippen LogP contribution in [0, 0.1) is 5.92 Å². The fourth-order valence-electron chi connectivity index (χ4n) is 0. The van der Waals surface area contributed by atoms with Gasteiger partial charge in [-0.2, -0.15) is 0 Å².